The van der Waals surface area contributed by atoms with Crippen LogP contribution in [0.2, 0.25) is 0 Å². The summed E-state index contributed by atoms with van der Waals surface area (Å²) in [5, 5.41) is 20.9. The van der Waals surface area contributed by atoms with Gasteiger partial charge in [-0.2, -0.15) is 0 Å². The second kappa shape index (κ2) is 9.55. The van der Waals surface area contributed by atoms with Crippen LogP contribution in [0.3, 0.4) is 0 Å². The molecule has 0 unspecified atom stereocenters. The van der Waals surface area contributed by atoms with Gasteiger partial charge in [0.25, 0.3) is 0 Å². The molecule has 3 nitrogen and oxygen atoms in total. The first-order chi connectivity index (χ1) is 16.7. The third kappa shape index (κ3) is 3.57. The maximum Gasteiger partial charge on any atom is 0.0991 e. The molecule has 0 aliphatic heterocycles. The highest BCUT2D eigenvalue weighted by Crippen LogP contribution is 2.55. The molecule has 3 heteroatoms. The van der Waals surface area contributed by atoms with Crippen LogP contribution >= 0.6 is 0 Å². The van der Waals surface area contributed by atoms with Crippen LogP contribution in [0.1, 0.15) is 29.2 Å². The molecule has 34 heavy (non-hydrogen) atoms. The maximum atomic E-state index is 10.7. The number of nitrogens with zero attached hydrogens (tertiary/aromatic N) is 1. The summed E-state index contributed by atoms with van der Waals surface area (Å²) >= 11 is 0. The molecule has 172 valence electrons. The van der Waals surface area contributed by atoms with E-state index in [-0.39, 0.29) is 25.2 Å². The van der Waals surface area contributed by atoms with Crippen LogP contribution in [0, 0.1) is 5.92 Å². The summed E-state index contributed by atoms with van der Waals surface area (Å²) < 4.78 is 0. The summed E-state index contributed by atoms with van der Waals surface area (Å²) in [6, 6.07) is 38.0. The average Bonchev–Trinajstić information content (AvgIpc) is 3.21. The molecule has 0 amide bonds. The molecule has 0 saturated carbocycles. The second-order valence-electron chi connectivity index (χ2n) is 9.19. The number of aliphatic hydroxyl groups excluding tert-OH is 2. The molecule has 0 spiro atoms. The van der Waals surface area contributed by atoms with Crippen molar-refractivity contribution < 1.29 is 10.2 Å². The van der Waals surface area contributed by atoms with Gasteiger partial charge in [0.2, 0.25) is 0 Å². The molecule has 0 aromatic heterocycles. The van der Waals surface area contributed by atoms with E-state index in [4.69, 9.17) is 0 Å². The van der Waals surface area contributed by atoms with E-state index in [1.165, 1.54) is 27.8 Å². The molecule has 0 heterocycles. The summed E-state index contributed by atoms with van der Waals surface area (Å²) in [6.45, 7) is 2.61. The van der Waals surface area contributed by atoms with E-state index in [2.05, 4.69) is 102 Å². The molecular formula is C31H31NO2. The average molecular weight is 450 g/mol. The Bertz CT molecular complexity index is 1190. The Hall–Kier alpha value is -3.24. The second-order valence-corrected chi connectivity index (χ2v) is 9.19. The Morgan fingerprint density at radius 1 is 0.647 bits per heavy atom. The van der Waals surface area contributed by atoms with Crippen molar-refractivity contribution >= 4 is 0 Å². The third-order valence-corrected chi connectivity index (χ3v) is 7.27. The largest absolute Gasteiger partial charge is 0.396 e. The zero-order valence-corrected chi connectivity index (χ0v) is 19.5. The van der Waals surface area contributed by atoms with Gasteiger partial charge in [0.15, 0.2) is 0 Å². The predicted molar refractivity (Wildman–Crippen MR) is 137 cm³/mol. The van der Waals surface area contributed by atoms with Crippen LogP contribution < -0.4 is 0 Å². The Balaban J connectivity index is 1.86. The smallest absolute Gasteiger partial charge is 0.0991 e. The molecule has 5 rings (SSSR count). The molecule has 2 N–H and O–H groups in total. The van der Waals surface area contributed by atoms with Gasteiger partial charge in [0.05, 0.1) is 12.1 Å². The fraction of sp³-hybridized carbons (Fsp3) is 0.226. The fourth-order valence-electron chi connectivity index (χ4n) is 5.65. The lowest BCUT2D eigenvalue weighted by atomic mass is 9.77. The molecule has 4 aromatic carbocycles. The summed E-state index contributed by atoms with van der Waals surface area (Å²) in [5.74, 6) is -0.116. The van der Waals surface area contributed by atoms with Gasteiger partial charge < -0.3 is 10.2 Å². The van der Waals surface area contributed by atoms with E-state index in [9.17, 15) is 10.2 Å². The topological polar surface area (TPSA) is 43.7 Å². The van der Waals surface area contributed by atoms with Gasteiger partial charge in [-0.25, -0.2) is 0 Å². The number of benzene rings is 4. The molecule has 4 aromatic rings. The van der Waals surface area contributed by atoms with E-state index in [1.54, 1.807) is 0 Å². The molecule has 2 atom stereocenters. The first-order valence-electron chi connectivity index (χ1n) is 12.0. The first-order valence-corrected chi connectivity index (χ1v) is 12.0. The summed E-state index contributed by atoms with van der Waals surface area (Å²) in [6.07, 6.45) is 0. The Morgan fingerprint density at radius 3 is 1.68 bits per heavy atom. The van der Waals surface area contributed by atoms with Gasteiger partial charge in [-0.3, -0.25) is 4.90 Å². The molecule has 0 saturated heterocycles. The van der Waals surface area contributed by atoms with Crippen LogP contribution in [-0.4, -0.2) is 34.4 Å². The Labute approximate surface area is 201 Å². The van der Waals surface area contributed by atoms with Crippen molar-refractivity contribution in [2.45, 2.75) is 25.0 Å². The number of aliphatic hydroxyl groups is 2. The first kappa shape index (κ1) is 22.5. The van der Waals surface area contributed by atoms with E-state index in [0.717, 1.165) is 5.56 Å². The van der Waals surface area contributed by atoms with Crippen LogP contribution in [0.25, 0.3) is 11.1 Å². The van der Waals surface area contributed by atoms with Crippen molar-refractivity contribution in [2.24, 2.45) is 5.92 Å². The van der Waals surface area contributed by atoms with Crippen molar-refractivity contribution in [1.82, 2.24) is 4.90 Å². The molecule has 1 aliphatic carbocycles. The normalized spacial score (nSPS) is 15.5. The van der Waals surface area contributed by atoms with E-state index < -0.39 is 5.54 Å². The standard InChI is InChI=1S/C31H31NO2/c1-23(21-33)30(22-34)32(20-24-12-4-2-5-13-24)31(25-14-6-3-7-15-25)28-18-10-8-16-26(28)27-17-9-11-19-29(27)31/h2-19,23,30,33-34H,20-22H2,1H3/t23-,30+/m0/s1. The predicted octanol–water partition coefficient (Wildman–Crippen LogP) is 5.45. The molecule has 0 fully saturated rings. The lowest BCUT2D eigenvalue weighted by molar-refractivity contribution is 0.00751. The minimum absolute atomic E-state index is 0.00464. The Kier molecular flexibility index (Phi) is 6.34. The van der Waals surface area contributed by atoms with Gasteiger partial charge in [-0.1, -0.05) is 116 Å². The number of hydrogen-bond acceptors (Lipinski definition) is 3. The van der Waals surface area contributed by atoms with Gasteiger partial charge in [0, 0.05) is 19.2 Å². The van der Waals surface area contributed by atoms with Crippen molar-refractivity contribution in [2.75, 3.05) is 13.2 Å². The highest BCUT2D eigenvalue weighted by molar-refractivity contribution is 5.83. The van der Waals surface area contributed by atoms with Crippen molar-refractivity contribution in [3.8, 4) is 11.1 Å². The summed E-state index contributed by atoms with van der Waals surface area (Å²) in [5.41, 5.74) is 6.57. The van der Waals surface area contributed by atoms with Gasteiger partial charge in [-0.15, -0.1) is 0 Å². The summed E-state index contributed by atoms with van der Waals surface area (Å²) in [4.78, 5) is 2.42. The SMILES string of the molecule is C[C@@H](CO)[C@@H](CO)N(Cc1ccccc1)C1(c2ccccc2)c2ccccc2-c2ccccc21. The number of hydrogen-bond donors (Lipinski definition) is 2. The molecule has 0 radical (unpaired) electrons. The van der Waals surface area contributed by atoms with Crippen molar-refractivity contribution in [3.05, 3.63) is 131 Å². The highest BCUT2D eigenvalue weighted by Gasteiger charge is 2.51. The zero-order chi connectivity index (χ0) is 23.5. The number of fused-ring (bicyclic) bond motifs is 3. The lowest BCUT2D eigenvalue weighted by Gasteiger charge is -2.49. The van der Waals surface area contributed by atoms with E-state index >= 15 is 0 Å². The van der Waals surface area contributed by atoms with Gasteiger partial charge >= 0.3 is 0 Å². The van der Waals surface area contributed by atoms with Crippen molar-refractivity contribution in [3.63, 3.8) is 0 Å². The highest BCUT2D eigenvalue weighted by atomic mass is 16.3. The van der Waals surface area contributed by atoms with Crippen molar-refractivity contribution in [1.29, 1.82) is 0 Å². The third-order valence-electron chi connectivity index (χ3n) is 7.27. The zero-order valence-electron chi connectivity index (χ0n) is 19.5. The van der Waals surface area contributed by atoms with Gasteiger partial charge in [0.1, 0.15) is 0 Å². The lowest BCUT2D eigenvalue weighted by Crippen LogP contribution is -2.55. The van der Waals surface area contributed by atoms with Crippen LogP contribution in [0.4, 0.5) is 0 Å². The monoisotopic (exact) mass is 449 g/mol. The molecule has 1 aliphatic rings. The van der Waals surface area contributed by atoms with E-state index in [0.29, 0.717) is 6.54 Å². The van der Waals surface area contributed by atoms with Crippen LogP contribution in [0.5, 0.6) is 0 Å². The van der Waals surface area contributed by atoms with Crippen LogP contribution in [0.15, 0.2) is 109 Å². The minimum Gasteiger partial charge on any atom is -0.396 e. The number of rotatable bonds is 8. The fourth-order valence-corrected chi connectivity index (χ4v) is 5.65. The van der Waals surface area contributed by atoms with Crippen LogP contribution in [-0.2, 0) is 12.1 Å². The van der Waals surface area contributed by atoms with E-state index in [1.807, 2.05) is 19.1 Å². The molecular weight excluding hydrogens is 418 g/mol. The van der Waals surface area contributed by atoms with Gasteiger partial charge in [-0.05, 0) is 39.3 Å². The Morgan fingerprint density at radius 2 is 1.15 bits per heavy atom. The summed E-state index contributed by atoms with van der Waals surface area (Å²) in [7, 11) is 0. The quantitative estimate of drug-likeness (QED) is 0.376. The molecule has 0 bridgehead atoms. The maximum absolute atomic E-state index is 10.7. The minimum atomic E-state index is -0.610.